The number of halogens is 3. The first-order valence-corrected chi connectivity index (χ1v) is 16.5. The highest BCUT2D eigenvalue weighted by Gasteiger charge is 2.33. The van der Waals surface area contributed by atoms with Crippen LogP contribution in [0.15, 0.2) is 42.5 Å². The van der Waals surface area contributed by atoms with Crippen LogP contribution in [-0.2, 0) is 35.7 Å². The van der Waals surface area contributed by atoms with Gasteiger partial charge in [-0.25, -0.2) is 13.2 Å². The number of nitrogens with one attached hydrogen (secondary N) is 2. The van der Waals surface area contributed by atoms with E-state index in [1.807, 2.05) is 25.1 Å². The van der Waals surface area contributed by atoms with Gasteiger partial charge < -0.3 is 20.6 Å². The fourth-order valence-electron chi connectivity index (χ4n) is 6.02. The largest absolute Gasteiger partial charge is 0.416 e. The summed E-state index contributed by atoms with van der Waals surface area (Å²) in [5.41, 5.74) is 4.20. The summed E-state index contributed by atoms with van der Waals surface area (Å²) >= 11 is 0. The number of benzene rings is 2. The highest BCUT2D eigenvalue weighted by Crippen LogP contribution is 2.35. The number of sulfonamides is 1. The van der Waals surface area contributed by atoms with Crippen LogP contribution < -0.4 is 15.5 Å². The third-order valence-electron chi connectivity index (χ3n) is 8.31. The van der Waals surface area contributed by atoms with Crippen LogP contribution in [0.1, 0.15) is 22.4 Å². The smallest absolute Gasteiger partial charge is 0.390 e. The third kappa shape index (κ3) is 7.43. The molecule has 5 rings (SSSR count). The molecule has 1 saturated heterocycles. The summed E-state index contributed by atoms with van der Waals surface area (Å²) in [6.45, 7) is 5.58. The Morgan fingerprint density at radius 3 is 2.36 bits per heavy atom. The van der Waals surface area contributed by atoms with Crippen LogP contribution in [0.3, 0.4) is 0 Å². The summed E-state index contributed by atoms with van der Waals surface area (Å²) < 4.78 is 67.2. The number of aryl methyl sites for hydroxylation is 1. The number of alkyl halides is 3. The number of fused-ring (bicyclic) bond motifs is 1. The van der Waals surface area contributed by atoms with E-state index in [1.165, 1.54) is 16.4 Å². The number of carbonyl (C=O) groups excluding carboxylic acids is 1. The van der Waals surface area contributed by atoms with E-state index in [4.69, 9.17) is 5.10 Å². The zero-order valence-electron chi connectivity index (χ0n) is 25.4. The third-order valence-corrected chi connectivity index (χ3v) is 9.56. The molecule has 0 radical (unpaired) electrons. The lowest BCUT2D eigenvalue weighted by Gasteiger charge is -2.38. The molecule has 11 nitrogen and oxygen atoms in total. The van der Waals surface area contributed by atoms with Crippen LogP contribution in [0.4, 0.5) is 29.3 Å². The fraction of sp³-hybridized carbons (Fsp3) is 0.467. The summed E-state index contributed by atoms with van der Waals surface area (Å²) in [5.74, 6) is 0. The van der Waals surface area contributed by atoms with Gasteiger partial charge in [0.1, 0.15) is 0 Å². The Labute approximate surface area is 260 Å². The highest BCUT2D eigenvalue weighted by molar-refractivity contribution is 7.88. The maximum atomic E-state index is 13.2. The number of carbonyl (C=O) groups is 1. The van der Waals surface area contributed by atoms with Crippen LogP contribution in [0.25, 0.3) is 11.3 Å². The van der Waals surface area contributed by atoms with Gasteiger partial charge in [0, 0.05) is 76.1 Å². The number of amides is 2. The molecule has 244 valence electrons. The molecule has 45 heavy (non-hydrogen) atoms. The van der Waals surface area contributed by atoms with Crippen molar-refractivity contribution in [2.75, 3.05) is 62.8 Å². The Hall–Kier alpha value is -3.66. The average Bonchev–Trinajstić information content (AvgIpc) is 3.34. The molecular formula is C30H38F3N7O4S. The van der Waals surface area contributed by atoms with Gasteiger partial charge in [0.05, 0.1) is 41.5 Å². The standard InChI is InChI=1S/C30H38F3N7O4S/c1-20-5-4-6-25(35-29(42)34-2)28(20)38-15-13-37(14-16-38)17-23(41)18-40-26-11-12-39(45(3,43)44)19-24(26)27(36-40)21-7-9-22(10-8-21)30(31,32)33/h4-10,23,41H,11-19H2,1-3H3,(H2,34,35,42). The van der Waals surface area contributed by atoms with Crippen LogP contribution in [0, 0.1) is 6.92 Å². The lowest BCUT2D eigenvalue weighted by molar-refractivity contribution is -0.137. The quantitative estimate of drug-likeness (QED) is 0.343. The molecule has 1 aromatic heterocycles. The second kappa shape index (κ2) is 13.0. The summed E-state index contributed by atoms with van der Waals surface area (Å²) in [7, 11) is -1.94. The minimum absolute atomic E-state index is 0.0538. The van der Waals surface area contributed by atoms with Crippen LogP contribution >= 0.6 is 0 Å². The zero-order valence-corrected chi connectivity index (χ0v) is 26.2. The first-order valence-electron chi connectivity index (χ1n) is 14.7. The van der Waals surface area contributed by atoms with Crippen molar-refractivity contribution in [1.82, 2.24) is 24.3 Å². The molecule has 0 bridgehead atoms. The second-order valence-electron chi connectivity index (χ2n) is 11.5. The minimum Gasteiger partial charge on any atom is -0.390 e. The van der Waals surface area contributed by atoms with Crippen LogP contribution in [0.2, 0.25) is 0 Å². The molecule has 0 saturated carbocycles. The van der Waals surface area contributed by atoms with Crippen molar-refractivity contribution in [2.24, 2.45) is 0 Å². The Balaban J connectivity index is 1.29. The van der Waals surface area contributed by atoms with Gasteiger partial charge in [-0.05, 0) is 30.7 Å². The molecule has 3 heterocycles. The minimum atomic E-state index is -4.48. The monoisotopic (exact) mass is 649 g/mol. The second-order valence-corrected chi connectivity index (χ2v) is 13.5. The molecule has 2 aliphatic heterocycles. The van der Waals surface area contributed by atoms with Gasteiger partial charge in [-0.15, -0.1) is 0 Å². The molecule has 2 aliphatic rings. The van der Waals surface area contributed by atoms with Gasteiger partial charge >= 0.3 is 12.2 Å². The predicted molar refractivity (Wildman–Crippen MR) is 166 cm³/mol. The van der Waals surface area contributed by atoms with E-state index in [0.29, 0.717) is 56.0 Å². The van der Waals surface area contributed by atoms with E-state index in [0.717, 1.165) is 41.0 Å². The highest BCUT2D eigenvalue weighted by atomic mass is 32.2. The van der Waals surface area contributed by atoms with Gasteiger partial charge in [-0.3, -0.25) is 9.58 Å². The average molecular weight is 650 g/mol. The van der Waals surface area contributed by atoms with Crippen LogP contribution in [0.5, 0.6) is 0 Å². The van der Waals surface area contributed by atoms with E-state index in [1.54, 1.807) is 11.7 Å². The summed E-state index contributed by atoms with van der Waals surface area (Å²) in [4.78, 5) is 16.4. The Morgan fingerprint density at radius 1 is 1.04 bits per heavy atom. The molecule has 2 aromatic carbocycles. The maximum Gasteiger partial charge on any atom is 0.416 e. The number of piperazine rings is 1. The zero-order chi connectivity index (χ0) is 32.5. The first kappa shape index (κ1) is 32.7. The summed E-state index contributed by atoms with van der Waals surface area (Å²) in [6, 6.07) is 10.1. The number of urea groups is 1. The molecular weight excluding hydrogens is 611 g/mol. The van der Waals surface area contributed by atoms with Crippen molar-refractivity contribution >= 4 is 27.4 Å². The number of anilines is 2. The van der Waals surface area contributed by atoms with E-state index in [9.17, 15) is 31.5 Å². The lowest BCUT2D eigenvalue weighted by atomic mass is 10.0. The topological polar surface area (TPSA) is 123 Å². The summed E-state index contributed by atoms with van der Waals surface area (Å²) in [5, 5.41) is 21.3. The van der Waals surface area contributed by atoms with Gasteiger partial charge in [0.2, 0.25) is 10.0 Å². The summed E-state index contributed by atoms with van der Waals surface area (Å²) in [6.07, 6.45) is -3.78. The van der Waals surface area contributed by atoms with E-state index >= 15 is 0 Å². The number of rotatable bonds is 8. The maximum absolute atomic E-state index is 13.2. The van der Waals surface area contributed by atoms with Gasteiger partial charge in [0.25, 0.3) is 0 Å². The van der Waals surface area contributed by atoms with Crippen molar-refractivity contribution < 1.29 is 31.5 Å². The number of para-hydroxylation sites is 1. The number of aromatic nitrogens is 2. The molecule has 3 N–H and O–H groups in total. The van der Waals surface area contributed by atoms with Crippen molar-refractivity contribution in [3.05, 3.63) is 64.8 Å². The van der Waals surface area contributed by atoms with Crippen molar-refractivity contribution in [1.29, 1.82) is 0 Å². The van der Waals surface area contributed by atoms with Gasteiger partial charge in [0.15, 0.2) is 0 Å². The van der Waals surface area contributed by atoms with E-state index in [-0.39, 0.29) is 25.7 Å². The Morgan fingerprint density at radius 2 is 1.73 bits per heavy atom. The molecule has 0 aliphatic carbocycles. The normalized spacial score (nSPS) is 17.2. The number of nitrogens with zero attached hydrogens (tertiary/aromatic N) is 5. The number of aliphatic hydroxyl groups excluding tert-OH is 1. The van der Waals surface area contributed by atoms with E-state index < -0.39 is 27.9 Å². The predicted octanol–water partition coefficient (Wildman–Crippen LogP) is 3.13. The molecule has 1 unspecified atom stereocenters. The van der Waals surface area contributed by atoms with E-state index in [2.05, 4.69) is 20.4 Å². The number of hydrogen-bond acceptors (Lipinski definition) is 7. The molecule has 15 heteroatoms. The number of hydrogen-bond donors (Lipinski definition) is 3. The molecule has 1 fully saturated rings. The molecule has 2 amide bonds. The molecule has 1 atom stereocenters. The molecule has 3 aromatic rings. The van der Waals surface area contributed by atoms with Crippen LogP contribution in [-0.4, -0.2) is 97.2 Å². The fourth-order valence-corrected chi connectivity index (χ4v) is 6.81. The molecule has 0 spiro atoms. The Bertz CT molecular complexity index is 1640. The SMILES string of the molecule is CNC(=O)Nc1cccc(C)c1N1CCN(CC(O)Cn2nc(-c3ccc(C(F)(F)F)cc3)c3c2CCN(S(C)(=O)=O)C3)CC1. The Kier molecular flexibility index (Phi) is 9.44. The number of aliphatic hydroxyl groups is 1. The first-order chi connectivity index (χ1) is 21.2. The van der Waals surface area contributed by atoms with Crippen molar-refractivity contribution in [3.8, 4) is 11.3 Å². The lowest BCUT2D eigenvalue weighted by Crippen LogP contribution is -2.49. The van der Waals surface area contributed by atoms with Gasteiger partial charge in [-0.1, -0.05) is 24.3 Å². The van der Waals surface area contributed by atoms with Crippen molar-refractivity contribution in [2.45, 2.75) is 38.7 Å². The van der Waals surface area contributed by atoms with Crippen molar-refractivity contribution in [3.63, 3.8) is 0 Å². The number of β-amino-alcohol motifs (C(OH)–C–C–N with tert-alkyl or cyclic N) is 1. The van der Waals surface area contributed by atoms with Gasteiger partial charge in [-0.2, -0.15) is 22.6 Å².